The van der Waals surface area contributed by atoms with E-state index >= 15 is 0 Å². The molecule has 0 spiro atoms. The summed E-state index contributed by atoms with van der Waals surface area (Å²) >= 11 is 0. The number of hydrogen-bond donors (Lipinski definition) is 0. The normalized spacial score (nSPS) is 11.0. The van der Waals surface area contributed by atoms with E-state index in [0.717, 1.165) is 16.2 Å². The van der Waals surface area contributed by atoms with Gasteiger partial charge in [0.25, 0.3) is 0 Å². The van der Waals surface area contributed by atoms with Crippen molar-refractivity contribution < 1.29 is 18.7 Å². The summed E-state index contributed by atoms with van der Waals surface area (Å²) in [6.45, 7) is 0. The molecule has 1 aromatic heterocycles. The highest BCUT2D eigenvalue weighted by atomic mass is 16.5. The zero-order chi connectivity index (χ0) is 17.4. The lowest BCUT2D eigenvalue weighted by Gasteiger charge is -2.10. The Morgan fingerprint density at radius 2 is 1.40 bits per heavy atom. The summed E-state index contributed by atoms with van der Waals surface area (Å²) in [6, 6.07) is 18.5. The molecule has 0 bridgehead atoms. The lowest BCUT2D eigenvalue weighted by atomic mass is 10.0. The van der Waals surface area contributed by atoms with Crippen molar-refractivity contribution in [3.05, 3.63) is 72.0 Å². The summed E-state index contributed by atoms with van der Waals surface area (Å²) < 4.78 is 17.1. The fourth-order valence-corrected chi connectivity index (χ4v) is 3.14. The minimum absolute atomic E-state index is 0.176. The number of carbonyl (C=O) groups excluding carboxylic acids is 1. The minimum Gasteiger partial charge on any atom is -0.495 e. The van der Waals surface area contributed by atoms with E-state index in [0.29, 0.717) is 22.6 Å². The second-order valence-electron chi connectivity index (χ2n) is 5.66. The summed E-state index contributed by atoms with van der Waals surface area (Å²) in [5.74, 6) is 1.35. The zero-order valence-electron chi connectivity index (χ0n) is 13.9. The van der Waals surface area contributed by atoms with Crippen molar-refractivity contribution in [1.29, 1.82) is 0 Å². The Morgan fingerprint density at radius 1 is 0.800 bits per heavy atom. The first-order valence-corrected chi connectivity index (χ1v) is 7.90. The van der Waals surface area contributed by atoms with Gasteiger partial charge in [-0.15, -0.1) is 0 Å². The average Bonchev–Trinajstić information content (AvgIpc) is 3.10. The molecule has 3 aromatic carbocycles. The maximum atomic E-state index is 12.7. The highest BCUT2D eigenvalue weighted by Crippen LogP contribution is 2.44. The quantitative estimate of drug-likeness (QED) is 0.502. The van der Waals surface area contributed by atoms with E-state index < -0.39 is 0 Å². The topological polar surface area (TPSA) is 48.7 Å². The molecule has 0 amide bonds. The molecule has 0 radical (unpaired) electrons. The van der Waals surface area contributed by atoms with E-state index in [9.17, 15) is 4.79 Å². The van der Waals surface area contributed by atoms with Gasteiger partial charge in [0.2, 0.25) is 5.78 Å². The van der Waals surface area contributed by atoms with Gasteiger partial charge in [-0.2, -0.15) is 0 Å². The summed E-state index contributed by atoms with van der Waals surface area (Å²) in [7, 11) is 3.20. The second-order valence-corrected chi connectivity index (χ2v) is 5.66. The number of ketones is 1. The first-order chi connectivity index (χ1) is 12.2. The predicted octanol–water partition coefficient (Wildman–Crippen LogP) is 4.83. The van der Waals surface area contributed by atoms with Gasteiger partial charge >= 0.3 is 0 Å². The van der Waals surface area contributed by atoms with Crippen molar-refractivity contribution >= 4 is 27.5 Å². The SMILES string of the molecule is COc1c2ccccc2c(OC)c2oc(C(=O)c3ccccc3)cc12. The van der Waals surface area contributed by atoms with Crippen LogP contribution in [0.3, 0.4) is 0 Å². The van der Waals surface area contributed by atoms with Gasteiger partial charge in [0.1, 0.15) is 5.75 Å². The molecule has 0 unspecified atom stereocenters. The molecule has 25 heavy (non-hydrogen) atoms. The van der Waals surface area contributed by atoms with E-state index in [-0.39, 0.29) is 11.5 Å². The Kier molecular flexibility index (Phi) is 3.65. The summed E-state index contributed by atoms with van der Waals surface area (Å²) in [6.07, 6.45) is 0. The summed E-state index contributed by atoms with van der Waals surface area (Å²) in [5.41, 5.74) is 1.08. The van der Waals surface area contributed by atoms with Crippen LogP contribution in [-0.4, -0.2) is 20.0 Å². The van der Waals surface area contributed by atoms with Crippen LogP contribution in [0, 0.1) is 0 Å². The highest BCUT2D eigenvalue weighted by Gasteiger charge is 2.22. The van der Waals surface area contributed by atoms with E-state index in [1.807, 2.05) is 42.5 Å². The molecule has 4 heteroatoms. The lowest BCUT2D eigenvalue weighted by Crippen LogP contribution is -1.98. The van der Waals surface area contributed by atoms with Crippen LogP contribution in [0.15, 0.2) is 65.1 Å². The van der Waals surface area contributed by atoms with E-state index in [2.05, 4.69) is 0 Å². The highest BCUT2D eigenvalue weighted by molar-refractivity contribution is 6.14. The maximum absolute atomic E-state index is 12.7. The number of methoxy groups -OCH3 is 2. The van der Waals surface area contributed by atoms with Crippen LogP contribution >= 0.6 is 0 Å². The zero-order valence-corrected chi connectivity index (χ0v) is 13.9. The molecule has 1 heterocycles. The molecule has 0 saturated carbocycles. The van der Waals surface area contributed by atoms with Gasteiger partial charge in [0.05, 0.1) is 19.6 Å². The number of carbonyl (C=O) groups is 1. The van der Waals surface area contributed by atoms with E-state index in [4.69, 9.17) is 13.9 Å². The number of benzene rings is 3. The molecule has 124 valence electrons. The van der Waals surface area contributed by atoms with Crippen LogP contribution in [0.5, 0.6) is 11.5 Å². The van der Waals surface area contributed by atoms with Crippen molar-refractivity contribution in [1.82, 2.24) is 0 Å². The van der Waals surface area contributed by atoms with Crippen LogP contribution < -0.4 is 9.47 Å². The largest absolute Gasteiger partial charge is 0.495 e. The van der Waals surface area contributed by atoms with Gasteiger partial charge in [-0.3, -0.25) is 4.79 Å². The third-order valence-electron chi connectivity index (χ3n) is 4.27. The van der Waals surface area contributed by atoms with Crippen molar-refractivity contribution in [3.63, 3.8) is 0 Å². The first kappa shape index (κ1) is 15.3. The van der Waals surface area contributed by atoms with Crippen molar-refractivity contribution in [2.45, 2.75) is 0 Å². The molecular formula is C21H16O4. The van der Waals surface area contributed by atoms with Crippen molar-refractivity contribution in [2.24, 2.45) is 0 Å². The number of furan rings is 1. The fourth-order valence-electron chi connectivity index (χ4n) is 3.14. The molecule has 0 fully saturated rings. The number of rotatable bonds is 4. The third kappa shape index (κ3) is 2.34. The molecule has 0 atom stereocenters. The standard InChI is InChI=1S/C21H16O4/c1-23-19-14-10-6-7-11-15(14)20(24-2)21-16(19)12-17(25-21)18(22)13-8-4-3-5-9-13/h3-12H,1-2H3. The molecule has 0 aliphatic rings. The van der Waals surface area contributed by atoms with Crippen LogP contribution in [0.2, 0.25) is 0 Å². The minimum atomic E-state index is -0.176. The van der Waals surface area contributed by atoms with Crippen LogP contribution in [0.1, 0.15) is 16.1 Å². The molecule has 0 aliphatic heterocycles. The molecular weight excluding hydrogens is 316 g/mol. The number of hydrogen-bond acceptors (Lipinski definition) is 4. The van der Waals surface area contributed by atoms with Gasteiger partial charge in [-0.05, 0) is 6.07 Å². The lowest BCUT2D eigenvalue weighted by molar-refractivity contribution is 0.101. The summed E-state index contributed by atoms with van der Waals surface area (Å²) in [4.78, 5) is 12.7. The van der Waals surface area contributed by atoms with Gasteiger partial charge in [-0.25, -0.2) is 0 Å². The second kappa shape index (κ2) is 5.98. The Morgan fingerprint density at radius 3 is 2.04 bits per heavy atom. The smallest absolute Gasteiger partial charge is 0.228 e. The molecule has 0 saturated heterocycles. The molecule has 0 N–H and O–H groups in total. The maximum Gasteiger partial charge on any atom is 0.228 e. The van der Waals surface area contributed by atoms with Crippen molar-refractivity contribution in [3.8, 4) is 11.5 Å². The Bertz CT molecular complexity index is 1020. The first-order valence-electron chi connectivity index (χ1n) is 7.90. The van der Waals surface area contributed by atoms with E-state index in [1.54, 1.807) is 32.4 Å². The Hall–Kier alpha value is -3.27. The molecule has 0 aliphatic carbocycles. The van der Waals surface area contributed by atoms with Crippen LogP contribution in [0.4, 0.5) is 0 Å². The Labute approximate surface area is 144 Å². The fraction of sp³-hybridized carbons (Fsp3) is 0.0952. The van der Waals surface area contributed by atoms with Gasteiger partial charge < -0.3 is 13.9 Å². The van der Waals surface area contributed by atoms with Gasteiger partial charge in [-0.1, -0.05) is 54.6 Å². The van der Waals surface area contributed by atoms with Gasteiger partial charge in [0, 0.05) is 16.3 Å². The average molecular weight is 332 g/mol. The molecule has 4 rings (SSSR count). The van der Waals surface area contributed by atoms with Crippen molar-refractivity contribution in [2.75, 3.05) is 14.2 Å². The summed E-state index contributed by atoms with van der Waals surface area (Å²) in [5, 5.41) is 2.51. The van der Waals surface area contributed by atoms with E-state index in [1.165, 1.54) is 0 Å². The van der Waals surface area contributed by atoms with Gasteiger partial charge in [0.15, 0.2) is 17.1 Å². The molecule has 4 aromatic rings. The number of fused-ring (bicyclic) bond motifs is 2. The Balaban J connectivity index is 2.02. The third-order valence-corrected chi connectivity index (χ3v) is 4.27. The number of ether oxygens (including phenoxy) is 2. The monoisotopic (exact) mass is 332 g/mol. The van der Waals surface area contributed by atoms with Crippen LogP contribution in [0.25, 0.3) is 21.7 Å². The molecule has 4 nitrogen and oxygen atoms in total. The predicted molar refractivity (Wildman–Crippen MR) is 96.7 cm³/mol. The van der Waals surface area contributed by atoms with Crippen LogP contribution in [-0.2, 0) is 0 Å².